The Labute approximate surface area is 110 Å². The topological polar surface area (TPSA) is 43.1 Å². The molecule has 1 aromatic carbocycles. The molecule has 0 amide bonds. The summed E-state index contributed by atoms with van der Waals surface area (Å²) in [6, 6.07) is 4.39. The highest BCUT2D eigenvalue weighted by Crippen LogP contribution is 2.30. The molecular weight excluding hydrogens is 253 g/mol. The number of nitro benzene ring substituents is 1. The molecule has 0 aromatic heterocycles. The van der Waals surface area contributed by atoms with Crippen LogP contribution in [0.3, 0.4) is 0 Å². The van der Waals surface area contributed by atoms with Crippen LogP contribution >= 0.6 is 11.8 Å². The van der Waals surface area contributed by atoms with Crippen LogP contribution in [0.1, 0.15) is 31.2 Å². The van der Waals surface area contributed by atoms with Crippen LogP contribution in [0, 0.1) is 21.8 Å². The van der Waals surface area contributed by atoms with Crippen LogP contribution in [0.15, 0.2) is 18.2 Å². The Morgan fingerprint density at radius 1 is 1.39 bits per heavy atom. The van der Waals surface area contributed by atoms with E-state index in [1.54, 1.807) is 23.9 Å². The van der Waals surface area contributed by atoms with Gasteiger partial charge in [0, 0.05) is 17.4 Å². The lowest BCUT2D eigenvalue weighted by molar-refractivity contribution is -0.387. The summed E-state index contributed by atoms with van der Waals surface area (Å²) < 4.78 is 13.8. The lowest BCUT2D eigenvalue weighted by atomic mass is 10.1. The van der Waals surface area contributed by atoms with Gasteiger partial charge in [0.05, 0.1) is 4.92 Å². The molecule has 5 heteroatoms. The van der Waals surface area contributed by atoms with Gasteiger partial charge in [-0.05, 0) is 24.5 Å². The molecule has 0 N–H and O–H groups in total. The van der Waals surface area contributed by atoms with Crippen LogP contribution in [0.2, 0.25) is 0 Å². The van der Waals surface area contributed by atoms with E-state index >= 15 is 0 Å². The van der Waals surface area contributed by atoms with Crippen LogP contribution in [-0.4, -0.2) is 10.7 Å². The number of rotatable bonds is 5. The third-order valence-corrected chi connectivity index (χ3v) is 4.56. The maximum atomic E-state index is 13.8. The fourth-order valence-electron chi connectivity index (χ4n) is 2.33. The average molecular weight is 269 g/mol. The summed E-state index contributed by atoms with van der Waals surface area (Å²) in [4.78, 5) is 9.95. The monoisotopic (exact) mass is 269 g/mol. The van der Waals surface area contributed by atoms with Crippen molar-refractivity contribution in [3.05, 3.63) is 39.7 Å². The Kier molecular flexibility index (Phi) is 4.58. The average Bonchev–Trinajstić information content (AvgIpc) is 2.84. The smallest absolute Gasteiger partial charge is 0.258 e. The summed E-state index contributed by atoms with van der Waals surface area (Å²) in [5.74, 6) is 1.62. The second-order valence-corrected chi connectivity index (χ2v) is 5.70. The first-order valence-electron chi connectivity index (χ1n) is 6.18. The molecule has 1 aliphatic carbocycles. The summed E-state index contributed by atoms with van der Waals surface area (Å²) in [6.07, 6.45) is 5.14. The van der Waals surface area contributed by atoms with Gasteiger partial charge in [-0.1, -0.05) is 25.0 Å². The quantitative estimate of drug-likeness (QED) is 0.595. The van der Waals surface area contributed by atoms with E-state index in [0.29, 0.717) is 11.3 Å². The van der Waals surface area contributed by atoms with Gasteiger partial charge in [-0.3, -0.25) is 10.1 Å². The van der Waals surface area contributed by atoms with Crippen molar-refractivity contribution < 1.29 is 9.31 Å². The molecule has 0 radical (unpaired) electrons. The highest BCUT2D eigenvalue weighted by Gasteiger charge is 2.18. The maximum absolute atomic E-state index is 13.8. The number of thioether (sulfide) groups is 1. The van der Waals surface area contributed by atoms with Crippen molar-refractivity contribution in [1.29, 1.82) is 0 Å². The largest absolute Gasteiger partial charge is 0.305 e. The number of hydrogen-bond acceptors (Lipinski definition) is 3. The fourth-order valence-corrected chi connectivity index (χ4v) is 3.56. The van der Waals surface area contributed by atoms with Crippen LogP contribution < -0.4 is 0 Å². The zero-order valence-electron chi connectivity index (χ0n) is 10.1. The zero-order chi connectivity index (χ0) is 13.0. The summed E-state index contributed by atoms with van der Waals surface area (Å²) in [5, 5.41) is 10.6. The Hall–Kier alpha value is -1.10. The van der Waals surface area contributed by atoms with Crippen molar-refractivity contribution in [3.8, 4) is 0 Å². The lowest BCUT2D eigenvalue weighted by Crippen LogP contribution is -1.99. The molecule has 0 saturated heterocycles. The van der Waals surface area contributed by atoms with Crippen molar-refractivity contribution in [3.63, 3.8) is 0 Å². The molecule has 18 heavy (non-hydrogen) atoms. The van der Waals surface area contributed by atoms with Crippen molar-refractivity contribution in [2.24, 2.45) is 5.92 Å². The predicted molar refractivity (Wildman–Crippen MR) is 71.2 cm³/mol. The number of nitro groups is 1. The minimum absolute atomic E-state index is 0.422. The van der Waals surface area contributed by atoms with Crippen molar-refractivity contribution >= 4 is 17.4 Å². The molecular formula is C13H16FNO2S. The van der Waals surface area contributed by atoms with E-state index in [1.165, 1.54) is 31.7 Å². The van der Waals surface area contributed by atoms with Crippen molar-refractivity contribution in [1.82, 2.24) is 0 Å². The second-order valence-electron chi connectivity index (χ2n) is 4.67. The molecule has 2 rings (SSSR count). The van der Waals surface area contributed by atoms with Crippen LogP contribution in [0.4, 0.5) is 10.1 Å². The molecule has 0 aliphatic heterocycles. The van der Waals surface area contributed by atoms with Crippen LogP contribution in [0.25, 0.3) is 0 Å². The first-order valence-corrected chi connectivity index (χ1v) is 7.33. The zero-order valence-corrected chi connectivity index (χ0v) is 10.9. The molecule has 0 unspecified atom stereocenters. The SMILES string of the molecule is O=[N+]([O-])c1cccc(CSCC2CCCC2)c1F. The molecule has 0 heterocycles. The Morgan fingerprint density at radius 3 is 2.78 bits per heavy atom. The van der Waals surface area contributed by atoms with E-state index in [9.17, 15) is 14.5 Å². The number of benzene rings is 1. The second kappa shape index (κ2) is 6.18. The molecule has 0 bridgehead atoms. The van der Waals surface area contributed by atoms with Gasteiger partial charge in [0.1, 0.15) is 0 Å². The minimum atomic E-state index is -0.679. The number of nitrogens with zero attached hydrogens (tertiary/aromatic N) is 1. The summed E-state index contributed by atoms with van der Waals surface area (Å²) in [5.41, 5.74) is 0.0150. The van der Waals surface area contributed by atoms with Gasteiger partial charge in [0.15, 0.2) is 0 Å². The van der Waals surface area contributed by atoms with Gasteiger partial charge in [-0.25, -0.2) is 0 Å². The molecule has 0 atom stereocenters. The Balaban J connectivity index is 1.92. The van der Waals surface area contributed by atoms with Crippen LogP contribution in [-0.2, 0) is 5.75 Å². The summed E-state index contributed by atoms with van der Waals surface area (Å²) in [6.45, 7) is 0. The fraction of sp³-hybridized carbons (Fsp3) is 0.538. The van der Waals surface area contributed by atoms with Crippen molar-refractivity contribution in [2.75, 3.05) is 5.75 Å². The van der Waals surface area contributed by atoms with Gasteiger partial charge in [0.2, 0.25) is 5.82 Å². The maximum Gasteiger partial charge on any atom is 0.305 e. The Morgan fingerprint density at radius 2 is 2.11 bits per heavy atom. The molecule has 98 valence electrons. The normalized spacial score (nSPS) is 16.1. The highest BCUT2D eigenvalue weighted by molar-refractivity contribution is 7.98. The molecule has 3 nitrogen and oxygen atoms in total. The number of halogens is 1. The molecule has 1 aliphatic rings. The molecule has 0 spiro atoms. The third-order valence-electron chi connectivity index (χ3n) is 3.34. The van der Waals surface area contributed by atoms with E-state index < -0.39 is 16.4 Å². The lowest BCUT2D eigenvalue weighted by Gasteiger charge is -2.08. The Bertz CT molecular complexity index is 433. The van der Waals surface area contributed by atoms with E-state index in [2.05, 4.69) is 0 Å². The summed E-state index contributed by atoms with van der Waals surface area (Å²) in [7, 11) is 0. The molecule has 1 fully saturated rings. The molecule has 1 aromatic rings. The van der Waals surface area contributed by atoms with Gasteiger partial charge >= 0.3 is 5.69 Å². The van der Waals surface area contributed by atoms with Gasteiger partial charge in [-0.2, -0.15) is 16.2 Å². The molecule has 1 saturated carbocycles. The van der Waals surface area contributed by atoms with Crippen LogP contribution in [0.5, 0.6) is 0 Å². The third kappa shape index (κ3) is 3.22. The van der Waals surface area contributed by atoms with E-state index in [1.807, 2.05) is 0 Å². The van der Waals surface area contributed by atoms with Gasteiger partial charge in [-0.15, -0.1) is 0 Å². The predicted octanol–water partition coefficient (Wildman–Crippen LogP) is 4.16. The van der Waals surface area contributed by atoms with E-state index in [4.69, 9.17) is 0 Å². The highest BCUT2D eigenvalue weighted by atomic mass is 32.2. The van der Waals surface area contributed by atoms with Crippen molar-refractivity contribution in [2.45, 2.75) is 31.4 Å². The van der Waals surface area contributed by atoms with Gasteiger partial charge < -0.3 is 0 Å². The number of hydrogen-bond donors (Lipinski definition) is 0. The first-order chi connectivity index (χ1) is 8.68. The first kappa shape index (κ1) is 13.3. The van der Waals surface area contributed by atoms with E-state index in [0.717, 1.165) is 11.7 Å². The van der Waals surface area contributed by atoms with Gasteiger partial charge in [0.25, 0.3) is 0 Å². The standard InChI is InChI=1S/C13H16FNO2S/c14-13-11(6-3-7-12(13)15(16)17)9-18-8-10-4-1-2-5-10/h3,6-7,10H,1-2,4-5,8-9H2. The van der Waals surface area contributed by atoms with E-state index in [-0.39, 0.29) is 0 Å². The summed E-state index contributed by atoms with van der Waals surface area (Å²) >= 11 is 1.68. The minimum Gasteiger partial charge on any atom is -0.258 e.